The highest BCUT2D eigenvalue weighted by atomic mass is 35.5. The number of nitrogens with zero attached hydrogens (tertiary/aromatic N) is 4. The lowest BCUT2D eigenvalue weighted by atomic mass is 10.3. The van der Waals surface area contributed by atoms with Gasteiger partial charge in [-0.15, -0.1) is 0 Å². The van der Waals surface area contributed by atoms with Gasteiger partial charge in [0.1, 0.15) is 29.1 Å². The number of carbonyl (C=O) groups excluding carboxylic acids is 1. The number of rotatable bonds is 4. The van der Waals surface area contributed by atoms with Crippen LogP contribution in [0.15, 0.2) is 55.0 Å². The number of alkyl halides is 3. The number of urea groups is 1. The first kappa shape index (κ1) is 21.4. The van der Waals surface area contributed by atoms with Gasteiger partial charge in [0, 0.05) is 19.3 Å². The van der Waals surface area contributed by atoms with Gasteiger partial charge in [-0.3, -0.25) is 5.32 Å². The second kappa shape index (κ2) is 8.35. The number of benzene rings is 1. The van der Waals surface area contributed by atoms with Crippen molar-refractivity contribution in [3.05, 3.63) is 65.7 Å². The maximum Gasteiger partial charge on any atom is 0.433 e. The molecule has 4 aromatic rings. The Bertz CT molecular complexity index is 1310. The Morgan fingerprint density at radius 1 is 1.12 bits per heavy atom. The molecule has 0 aliphatic carbocycles. The summed E-state index contributed by atoms with van der Waals surface area (Å²) in [7, 11) is 1.83. The third-order valence-electron chi connectivity index (χ3n) is 4.31. The largest absolute Gasteiger partial charge is 0.437 e. The van der Waals surface area contributed by atoms with Crippen LogP contribution in [-0.2, 0) is 13.2 Å². The standard InChI is InChI=1S/C20H14ClF3N6O2/c1-30-8-7-14-17(30)18(26-10-25-14)32-11-5-6-13(12(21)9-11)27-19(31)29-16-4-2-3-15(28-16)20(22,23)24/h2-10H,1H3,(H2,27,28,29,31). The van der Waals surface area contributed by atoms with E-state index in [0.29, 0.717) is 22.7 Å². The number of hydrogen-bond donors (Lipinski definition) is 2. The van der Waals surface area contributed by atoms with E-state index in [4.69, 9.17) is 16.3 Å². The minimum atomic E-state index is -4.62. The normalized spacial score (nSPS) is 11.4. The fourth-order valence-corrected chi connectivity index (χ4v) is 3.08. The lowest BCUT2D eigenvalue weighted by Gasteiger charge is -2.12. The van der Waals surface area contributed by atoms with Crippen LogP contribution in [0, 0.1) is 0 Å². The lowest BCUT2D eigenvalue weighted by molar-refractivity contribution is -0.141. The molecule has 0 atom stereocenters. The van der Waals surface area contributed by atoms with Gasteiger partial charge in [-0.1, -0.05) is 17.7 Å². The van der Waals surface area contributed by atoms with E-state index in [0.717, 1.165) is 12.1 Å². The number of carbonyl (C=O) groups is 1. The van der Waals surface area contributed by atoms with Crippen molar-refractivity contribution in [3.8, 4) is 11.6 Å². The van der Waals surface area contributed by atoms with E-state index in [9.17, 15) is 18.0 Å². The van der Waals surface area contributed by atoms with Crippen LogP contribution in [0.5, 0.6) is 11.6 Å². The molecule has 8 nitrogen and oxygen atoms in total. The quantitative estimate of drug-likeness (QED) is 0.419. The van der Waals surface area contributed by atoms with Gasteiger partial charge in [0.2, 0.25) is 5.88 Å². The molecule has 2 N–H and O–H groups in total. The number of halogens is 4. The molecule has 0 bridgehead atoms. The fourth-order valence-electron chi connectivity index (χ4n) is 2.86. The van der Waals surface area contributed by atoms with Crippen LogP contribution in [0.25, 0.3) is 11.0 Å². The molecule has 164 valence electrons. The number of anilines is 2. The molecule has 0 radical (unpaired) electrons. The van der Waals surface area contributed by atoms with Crippen LogP contribution in [0.1, 0.15) is 5.69 Å². The summed E-state index contributed by atoms with van der Waals surface area (Å²) in [5.74, 6) is 0.429. The van der Waals surface area contributed by atoms with Gasteiger partial charge in [-0.25, -0.2) is 14.8 Å². The van der Waals surface area contributed by atoms with Crippen LogP contribution < -0.4 is 15.4 Å². The zero-order valence-electron chi connectivity index (χ0n) is 16.3. The second-order valence-electron chi connectivity index (χ2n) is 6.57. The zero-order chi connectivity index (χ0) is 22.9. The molecular weight excluding hydrogens is 449 g/mol. The topological polar surface area (TPSA) is 94.0 Å². The first-order chi connectivity index (χ1) is 15.2. The zero-order valence-corrected chi connectivity index (χ0v) is 17.1. The third-order valence-corrected chi connectivity index (χ3v) is 4.62. The first-order valence-electron chi connectivity index (χ1n) is 9.06. The van der Waals surface area contributed by atoms with E-state index in [1.807, 2.05) is 23.9 Å². The van der Waals surface area contributed by atoms with Crippen molar-refractivity contribution in [3.63, 3.8) is 0 Å². The highest BCUT2D eigenvalue weighted by Gasteiger charge is 2.32. The minimum Gasteiger partial charge on any atom is -0.437 e. The van der Waals surface area contributed by atoms with E-state index in [1.165, 1.54) is 24.5 Å². The predicted molar refractivity (Wildman–Crippen MR) is 112 cm³/mol. The number of aryl methyl sites for hydroxylation is 1. The van der Waals surface area contributed by atoms with Crippen LogP contribution in [0.3, 0.4) is 0 Å². The molecule has 32 heavy (non-hydrogen) atoms. The van der Waals surface area contributed by atoms with E-state index >= 15 is 0 Å². The van der Waals surface area contributed by atoms with Crippen molar-refractivity contribution in [1.29, 1.82) is 0 Å². The SMILES string of the molecule is Cn1ccc2ncnc(Oc3ccc(NC(=O)Nc4cccc(C(F)(F)F)n4)c(Cl)c3)c21. The van der Waals surface area contributed by atoms with Crippen LogP contribution in [-0.4, -0.2) is 25.6 Å². The number of hydrogen-bond acceptors (Lipinski definition) is 5. The van der Waals surface area contributed by atoms with Crippen LogP contribution in [0.2, 0.25) is 5.02 Å². The molecule has 0 aliphatic rings. The third kappa shape index (κ3) is 4.57. The summed E-state index contributed by atoms with van der Waals surface area (Å²) < 4.78 is 45.9. The monoisotopic (exact) mass is 462 g/mol. The fraction of sp³-hybridized carbons (Fsp3) is 0.100. The van der Waals surface area contributed by atoms with E-state index in [1.54, 1.807) is 6.07 Å². The highest BCUT2D eigenvalue weighted by Crippen LogP contribution is 2.32. The van der Waals surface area contributed by atoms with Crippen molar-refractivity contribution in [2.75, 3.05) is 10.6 Å². The van der Waals surface area contributed by atoms with Gasteiger partial charge in [-0.05, 0) is 30.3 Å². The summed E-state index contributed by atoms with van der Waals surface area (Å²) in [6.07, 6.45) is -1.42. The molecule has 4 rings (SSSR count). The number of pyridine rings is 1. The second-order valence-corrected chi connectivity index (χ2v) is 6.98. The number of ether oxygens (including phenoxy) is 1. The number of nitrogens with one attached hydrogen (secondary N) is 2. The van der Waals surface area contributed by atoms with E-state index in [-0.39, 0.29) is 16.5 Å². The molecule has 0 fully saturated rings. The Kier molecular flexibility index (Phi) is 5.57. The number of aromatic nitrogens is 4. The Labute approximate surface area is 184 Å². The Morgan fingerprint density at radius 2 is 1.94 bits per heavy atom. The van der Waals surface area contributed by atoms with E-state index in [2.05, 4.69) is 25.6 Å². The lowest BCUT2D eigenvalue weighted by Crippen LogP contribution is -2.21. The van der Waals surface area contributed by atoms with Gasteiger partial charge in [0.15, 0.2) is 0 Å². The van der Waals surface area contributed by atoms with Crippen molar-refractivity contribution >= 4 is 40.2 Å². The number of amides is 2. The maximum atomic E-state index is 12.8. The maximum absolute atomic E-state index is 12.8. The molecule has 0 unspecified atom stereocenters. The van der Waals surface area contributed by atoms with Gasteiger partial charge >= 0.3 is 12.2 Å². The average molecular weight is 463 g/mol. The molecule has 0 spiro atoms. The van der Waals surface area contributed by atoms with Gasteiger partial charge in [0.05, 0.1) is 16.2 Å². The number of fused-ring (bicyclic) bond motifs is 1. The molecule has 0 saturated heterocycles. The summed E-state index contributed by atoms with van der Waals surface area (Å²) in [5.41, 5.74) is 0.502. The summed E-state index contributed by atoms with van der Waals surface area (Å²) in [4.78, 5) is 23.8. The highest BCUT2D eigenvalue weighted by molar-refractivity contribution is 6.34. The smallest absolute Gasteiger partial charge is 0.433 e. The van der Waals surface area contributed by atoms with Crippen molar-refractivity contribution in [2.24, 2.45) is 7.05 Å². The summed E-state index contributed by atoms with van der Waals surface area (Å²) in [6.45, 7) is 0. The molecule has 1 aromatic carbocycles. The molecule has 2 amide bonds. The average Bonchev–Trinajstić information content (AvgIpc) is 3.11. The Balaban J connectivity index is 1.47. The van der Waals surface area contributed by atoms with Crippen LogP contribution in [0.4, 0.5) is 29.5 Å². The van der Waals surface area contributed by atoms with Crippen LogP contribution >= 0.6 is 11.6 Å². The molecule has 3 aromatic heterocycles. The minimum absolute atomic E-state index is 0.145. The van der Waals surface area contributed by atoms with Gasteiger partial charge < -0.3 is 14.6 Å². The molecule has 0 aliphatic heterocycles. The molecular formula is C20H14ClF3N6O2. The Hall–Kier alpha value is -3.86. The molecule has 12 heteroatoms. The molecule has 0 saturated carbocycles. The predicted octanol–water partition coefficient (Wildman–Crippen LogP) is 5.47. The van der Waals surface area contributed by atoms with E-state index < -0.39 is 17.9 Å². The van der Waals surface area contributed by atoms with Crippen molar-refractivity contribution < 1.29 is 22.7 Å². The summed E-state index contributed by atoms with van der Waals surface area (Å²) in [5, 5.41) is 4.84. The first-order valence-corrected chi connectivity index (χ1v) is 9.44. The Morgan fingerprint density at radius 3 is 2.69 bits per heavy atom. The van der Waals surface area contributed by atoms with Gasteiger partial charge in [0.25, 0.3) is 0 Å². The van der Waals surface area contributed by atoms with Crippen molar-refractivity contribution in [2.45, 2.75) is 6.18 Å². The summed E-state index contributed by atoms with van der Waals surface area (Å²) in [6, 6.07) is 8.70. The summed E-state index contributed by atoms with van der Waals surface area (Å²) >= 11 is 6.23. The van der Waals surface area contributed by atoms with Gasteiger partial charge in [-0.2, -0.15) is 18.2 Å². The van der Waals surface area contributed by atoms with Crippen molar-refractivity contribution in [1.82, 2.24) is 19.5 Å². The molecule has 3 heterocycles.